The highest BCUT2D eigenvalue weighted by Gasteiger charge is 2.13. The molecule has 1 rings (SSSR count). The van der Waals surface area contributed by atoms with E-state index in [0.29, 0.717) is 5.41 Å². The molecule has 0 heterocycles. The third kappa shape index (κ3) is 5.00. The molecule has 0 atom stereocenters. The van der Waals surface area contributed by atoms with Crippen LogP contribution in [0.2, 0.25) is 0 Å². The fourth-order valence-corrected chi connectivity index (χ4v) is 2.01. The van der Waals surface area contributed by atoms with Crippen molar-refractivity contribution in [3.8, 4) is 0 Å². The topological polar surface area (TPSA) is 53.1 Å². The quantitative estimate of drug-likeness (QED) is 0.620. The summed E-state index contributed by atoms with van der Waals surface area (Å²) in [4.78, 5) is 2.29. The van der Waals surface area contributed by atoms with Gasteiger partial charge in [0.15, 0.2) is 0 Å². The van der Waals surface area contributed by atoms with Gasteiger partial charge in [0.25, 0.3) is 0 Å². The maximum absolute atomic E-state index is 7.42. The zero-order chi connectivity index (χ0) is 13.1. The SMILES string of the molecule is CN(Cc1cccc(C(=N)N)c1)CC(C)(C)C. The molecule has 1 aromatic carbocycles. The Labute approximate surface area is 104 Å². The molecule has 0 aliphatic carbocycles. The largest absolute Gasteiger partial charge is 0.384 e. The van der Waals surface area contributed by atoms with Crippen LogP contribution in [0, 0.1) is 10.8 Å². The van der Waals surface area contributed by atoms with E-state index in [1.807, 2.05) is 18.2 Å². The second-order valence-corrected chi connectivity index (χ2v) is 5.85. The second-order valence-electron chi connectivity index (χ2n) is 5.85. The molecule has 3 N–H and O–H groups in total. The van der Waals surface area contributed by atoms with Gasteiger partial charge in [-0.1, -0.05) is 39.0 Å². The average Bonchev–Trinajstić information content (AvgIpc) is 2.14. The summed E-state index contributed by atoms with van der Waals surface area (Å²) in [5.74, 6) is 0.130. The van der Waals surface area contributed by atoms with Crippen LogP contribution < -0.4 is 5.73 Å². The summed E-state index contributed by atoms with van der Waals surface area (Å²) in [6.07, 6.45) is 0. The second kappa shape index (κ2) is 5.32. The van der Waals surface area contributed by atoms with Gasteiger partial charge in [-0.15, -0.1) is 0 Å². The van der Waals surface area contributed by atoms with Crippen molar-refractivity contribution in [3.63, 3.8) is 0 Å². The summed E-state index contributed by atoms with van der Waals surface area (Å²) < 4.78 is 0. The molecule has 0 radical (unpaired) electrons. The summed E-state index contributed by atoms with van der Waals surface area (Å²) in [6.45, 7) is 8.62. The molecule has 0 amide bonds. The third-order valence-electron chi connectivity index (χ3n) is 2.43. The van der Waals surface area contributed by atoms with Crippen molar-refractivity contribution in [3.05, 3.63) is 35.4 Å². The highest BCUT2D eigenvalue weighted by atomic mass is 15.1. The molecule has 0 aliphatic heterocycles. The maximum atomic E-state index is 7.42. The third-order valence-corrected chi connectivity index (χ3v) is 2.43. The molecule has 3 nitrogen and oxygen atoms in total. The number of hydrogen-bond donors (Lipinski definition) is 2. The molecule has 17 heavy (non-hydrogen) atoms. The smallest absolute Gasteiger partial charge is 0.122 e. The van der Waals surface area contributed by atoms with Gasteiger partial charge in [0.05, 0.1) is 0 Å². The summed E-state index contributed by atoms with van der Waals surface area (Å²) in [6, 6.07) is 7.89. The lowest BCUT2D eigenvalue weighted by molar-refractivity contribution is 0.221. The number of hydrogen-bond acceptors (Lipinski definition) is 2. The van der Waals surface area contributed by atoms with E-state index in [1.165, 1.54) is 5.56 Å². The summed E-state index contributed by atoms with van der Waals surface area (Å²) in [5, 5.41) is 7.42. The summed E-state index contributed by atoms with van der Waals surface area (Å²) >= 11 is 0. The fourth-order valence-electron chi connectivity index (χ4n) is 2.01. The Morgan fingerprint density at radius 3 is 2.53 bits per heavy atom. The molecule has 94 valence electrons. The van der Waals surface area contributed by atoms with E-state index in [0.717, 1.165) is 18.7 Å². The molecular formula is C14H23N3. The van der Waals surface area contributed by atoms with E-state index < -0.39 is 0 Å². The van der Waals surface area contributed by atoms with Crippen LogP contribution in [-0.4, -0.2) is 24.3 Å². The van der Waals surface area contributed by atoms with Crippen LogP contribution in [0.4, 0.5) is 0 Å². The molecule has 3 heteroatoms. The van der Waals surface area contributed by atoms with Crippen molar-refractivity contribution in [2.24, 2.45) is 11.1 Å². The number of nitrogen functional groups attached to an aromatic ring is 1. The fraction of sp³-hybridized carbons (Fsp3) is 0.500. The number of rotatable bonds is 4. The van der Waals surface area contributed by atoms with E-state index in [2.05, 4.69) is 38.8 Å². The van der Waals surface area contributed by atoms with Crippen molar-refractivity contribution in [2.45, 2.75) is 27.3 Å². The van der Waals surface area contributed by atoms with Gasteiger partial charge in [-0.2, -0.15) is 0 Å². The first-order valence-electron chi connectivity index (χ1n) is 5.90. The molecular weight excluding hydrogens is 210 g/mol. The van der Waals surface area contributed by atoms with Crippen molar-refractivity contribution < 1.29 is 0 Å². The lowest BCUT2D eigenvalue weighted by Crippen LogP contribution is -2.28. The predicted molar refractivity (Wildman–Crippen MR) is 73.2 cm³/mol. The highest BCUT2D eigenvalue weighted by molar-refractivity contribution is 5.95. The zero-order valence-electron chi connectivity index (χ0n) is 11.2. The first-order chi connectivity index (χ1) is 7.78. The van der Waals surface area contributed by atoms with Gasteiger partial charge in [0.2, 0.25) is 0 Å². The van der Waals surface area contributed by atoms with Crippen molar-refractivity contribution in [1.82, 2.24) is 4.90 Å². The van der Waals surface area contributed by atoms with Gasteiger partial charge in [0, 0.05) is 18.7 Å². The zero-order valence-corrected chi connectivity index (χ0v) is 11.2. The van der Waals surface area contributed by atoms with Crippen LogP contribution in [-0.2, 0) is 6.54 Å². The van der Waals surface area contributed by atoms with Crippen LogP contribution >= 0.6 is 0 Å². The molecule has 0 aromatic heterocycles. The minimum Gasteiger partial charge on any atom is -0.384 e. The van der Waals surface area contributed by atoms with Gasteiger partial charge in [-0.3, -0.25) is 5.41 Å². The average molecular weight is 233 g/mol. The molecule has 0 saturated heterocycles. The summed E-state index contributed by atoms with van der Waals surface area (Å²) in [7, 11) is 2.12. The van der Waals surface area contributed by atoms with Crippen molar-refractivity contribution in [1.29, 1.82) is 5.41 Å². The van der Waals surface area contributed by atoms with Gasteiger partial charge in [0.1, 0.15) is 5.84 Å². The molecule has 0 spiro atoms. The molecule has 0 bridgehead atoms. The van der Waals surface area contributed by atoms with Crippen molar-refractivity contribution in [2.75, 3.05) is 13.6 Å². The monoisotopic (exact) mass is 233 g/mol. The lowest BCUT2D eigenvalue weighted by atomic mass is 9.96. The van der Waals surface area contributed by atoms with Gasteiger partial charge in [-0.25, -0.2) is 0 Å². The van der Waals surface area contributed by atoms with Crippen LogP contribution in [0.1, 0.15) is 31.9 Å². The molecule has 1 aromatic rings. The van der Waals surface area contributed by atoms with Gasteiger partial charge < -0.3 is 10.6 Å². The summed E-state index contributed by atoms with van der Waals surface area (Å²) in [5.41, 5.74) is 7.78. The van der Waals surface area contributed by atoms with E-state index in [9.17, 15) is 0 Å². The molecule has 0 saturated carbocycles. The minimum absolute atomic E-state index is 0.130. The first-order valence-corrected chi connectivity index (χ1v) is 5.90. The Bertz CT molecular complexity index is 391. The lowest BCUT2D eigenvalue weighted by Gasteiger charge is -2.26. The van der Waals surface area contributed by atoms with E-state index in [-0.39, 0.29) is 5.84 Å². The Morgan fingerprint density at radius 1 is 1.35 bits per heavy atom. The number of benzene rings is 1. The first kappa shape index (κ1) is 13.7. The minimum atomic E-state index is 0.130. The standard InChI is InChI=1S/C14H23N3/c1-14(2,3)10-17(4)9-11-6-5-7-12(8-11)13(15)16/h5-8H,9-10H2,1-4H3,(H3,15,16). The number of nitrogens with one attached hydrogen (secondary N) is 1. The van der Waals surface area contributed by atoms with Crippen LogP contribution in [0.5, 0.6) is 0 Å². The van der Waals surface area contributed by atoms with E-state index in [1.54, 1.807) is 0 Å². The Morgan fingerprint density at radius 2 is 2.00 bits per heavy atom. The van der Waals surface area contributed by atoms with E-state index in [4.69, 9.17) is 11.1 Å². The molecule has 0 fully saturated rings. The number of amidine groups is 1. The van der Waals surface area contributed by atoms with Crippen LogP contribution in [0.25, 0.3) is 0 Å². The predicted octanol–water partition coefficient (Wildman–Crippen LogP) is 2.45. The van der Waals surface area contributed by atoms with Crippen molar-refractivity contribution >= 4 is 5.84 Å². The number of nitrogens with zero attached hydrogens (tertiary/aromatic N) is 1. The Balaban J connectivity index is 2.68. The molecule has 0 aliphatic rings. The van der Waals surface area contributed by atoms with Gasteiger partial charge >= 0.3 is 0 Å². The molecule has 0 unspecified atom stereocenters. The van der Waals surface area contributed by atoms with E-state index >= 15 is 0 Å². The van der Waals surface area contributed by atoms with Gasteiger partial charge in [-0.05, 0) is 24.1 Å². The maximum Gasteiger partial charge on any atom is 0.122 e. The Hall–Kier alpha value is -1.35. The highest BCUT2D eigenvalue weighted by Crippen LogP contribution is 2.16. The van der Waals surface area contributed by atoms with Crippen LogP contribution in [0.15, 0.2) is 24.3 Å². The number of nitrogens with two attached hydrogens (primary N) is 1. The normalized spacial score (nSPS) is 11.8. The van der Waals surface area contributed by atoms with Crippen LogP contribution in [0.3, 0.4) is 0 Å². The Kier molecular flexibility index (Phi) is 4.29.